The van der Waals surface area contributed by atoms with Crippen molar-refractivity contribution in [2.24, 2.45) is 0 Å². The van der Waals surface area contributed by atoms with Crippen LogP contribution in [-0.4, -0.2) is 32.8 Å². The van der Waals surface area contributed by atoms with Crippen molar-refractivity contribution in [2.75, 3.05) is 11.1 Å². The number of carbonyl (C=O) groups excluding carboxylic acids is 3. The Hall–Kier alpha value is -2.14. The largest absolute Gasteiger partial charge is 0.416 e. The van der Waals surface area contributed by atoms with Gasteiger partial charge < -0.3 is 5.32 Å². The molecule has 6 nitrogen and oxygen atoms in total. The molecule has 1 heterocycles. The van der Waals surface area contributed by atoms with Crippen LogP contribution in [0.5, 0.6) is 0 Å². The summed E-state index contributed by atoms with van der Waals surface area (Å²) in [5.41, 5.74) is 0.818. The van der Waals surface area contributed by atoms with Crippen LogP contribution in [0.25, 0.3) is 0 Å². The fourth-order valence-electron chi connectivity index (χ4n) is 1.58. The van der Waals surface area contributed by atoms with Crippen LogP contribution in [0.15, 0.2) is 24.3 Å². The highest BCUT2D eigenvalue weighted by Crippen LogP contribution is 2.30. The van der Waals surface area contributed by atoms with Crippen molar-refractivity contribution in [1.29, 1.82) is 0 Å². The second-order valence-corrected chi connectivity index (χ2v) is 5.87. The van der Waals surface area contributed by atoms with E-state index in [1.165, 1.54) is 6.07 Å². The molecule has 0 radical (unpaired) electrons. The van der Waals surface area contributed by atoms with Crippen molar-refractivity contribution < 1.29 is 27.6 Å². The van der Waals surface area contributed by atoms with E-state index in [2.05, 4.69) is 0 Å². The Kier molecular flexibility index (Phi) is 4.90. The van der Waals surface area contributed by atoms with Gasteiger partial charge in [0.1, 0.15) is 0 Å². The molecule has 23 heavy (non-hydrogen) atoms. The highest BCUT2D eigenvalue weighted by atomic mass is 32.2. The van der Waals surface area contributed by atoms with Gasteiger partial charge in [-0.1, -0.05) is 30.0 Å². The van der Waals surface area contributed by atoms with Crippen LogP contribution < -0.4 is 10.7 Å². The molecule has 0 aromatic heterocycles. The lowest BCUT2D eigenvalue weighted by molar-refractivity contribution is -0.141. The van der Waals surface area contributed by atoms with Gasteiger partial charge in [-0.05, 0) is 18.2 Å². The van der Waals surface area contributed by atoms with Crippen molar-refractivity contribution in [3.8, 4) is 0 Å². The van der Waals surface area contributed by atoms with Crippen LogP contribution in [0.3, 0.4) is 0 Å². The molecule has 2 rings (SSSR count). The highest BCUT2D eigenvalue weighted by molar-refractivity contribution is 8.23. The predicted molar refractivity (Wildman–Crippen MR) is 80.1 cm³/mol. The van der Waals surface area contributed by atoms with E-state index in [0.717, 1.165) is 28.9 Å². The first kappa shape index (κ1) is 17.2. The van der Waals surface area contributed by atoms with E-state index in [0.29, 0.717) is 6.07 Å². The van der Waals surface area contributed by atoms with E-state index in [1.54, 1.807) is 0 Å². The molecule has 0 unspecified atom stereocenters. The Morgan fingerprint density at radius 3 is 2.52 bits per heavy atom. The molecular weight excluding hydrogens is 355 g/mol. The third kappa shape index (κ3) is 4.20. The average Bonchev–Trinajstić information content (AvgIpc) is 2.78. The molecule has 122 valence electrons. The summed E-state index contributed by atoms with van der Waals surface area (Å²) in [6.45, 7) is 0. The van der Waals surface area contributed by atoms with Gasteiger partial charge >= 0.3 is 18.0 Å². The molecule has 0 spiro atoms. The smallest absolute Gasteiger partial charge is 0.318 e. The van der Waals surface area contributed by atoms with Gasteiger partial charge in [-0.2, -0.15) is 13.2 Å². The van der Waals surface area contributed by atoms with E-state index in [9.17, 15) is 27.6 Å². The van der Waals surface area contributed by atoms with Gasteiger partial charge in [0.25, 0.3) is 5.91 Å². The van der Waals surface area contributed by atoms with Crippen molar-refractivity contribution in [3.63, 3.8) is 0 Å². The van der Waals surface area contributed by atoms with Gasteiger partial charge in [-0.15, -0.1) is 0 Å². The van der Waals surface area contributed by atoms with Crippen LogP contribution in [0.2, 0.25) is 0 Å². The van der Waals surface area contributed by atoms with Crippen LogP contribution >= 0.6 is 24.0 Å². The third-order valence-electron chi connectivity index (χ3n) is 2.62. The van der Waals surface area contributed by atoms with Crippen molar-refractivity contribution in [2.45, 2.75) is 6.18 Å². The number of thiocarbonyl (C=S) groups is 1. The number of halogens is 3. The molecule has 11 heteroatoms. The maximum Gasteiger partial charge on any atom is 0.416 e. The molecule has 1 aromatic carbocycles. The number of rotatable bonds is 2. The van der Waals surface area contributed by atoms with E-state index in [1.807, 2.05) is 10.7 Å². The van der Waals surface area contributed by atoms with Gasteiger partial charge in [0.15, 0.2) is 4.32 Å². The zero-order valence-corrected chi connectivity index (χ0v) is 12.8. The van der Waals surface area contributed by atoms with Crippen LogP contribution in [0.4, 0.5) is 18.9 Å². The molecule has 2 N–H and O–H groups in total. The monoisotopic (exact) mass is 363 g/mol. The zero-order valence-electron chi connectivity index (χ0n) is 11.1. The highest BCUT2D eigenvalue weighted by Gasteiger charge is 2.32. The first-order chi connectivity index (χ1) is 10.7. The second-order valence-electron chi connectivity index (χ2n) is 4.26. The van der Waals surface area contributed by atoms with Crippen molar-refractivity contribution in [1.82, 2.24) is 10.4 Å². The summed E-state index contributed by atoms with van der Waals surface area (Å²) in [6.07, 6.45) is -4.58. The average molecular weight is 363 g/mol. The third-order valence-corrected chi connectivity index (χ3v) is 3.98. The Labute approximate surface area is 137 Å². The number of anilines is 1. The summed E-state index contributed by atoms with van der Waals surface area (Å²) in [7, 11) is 0. The number of hydrogen-bond donors (Lipinski definition) is 2. The maximum atomic E-state index is 12.6. The zero-order chi connectivity index (χ0) is 17.2. The number of benzene rings is 1. The standard InChI is InChI=1S/C12H8F3N3O3S2/c13-12(14,15)6-2-1-3-7(4-6)16-9(20)10(21)17-18-8(19)5-23-11(18)22/h1-4H,5H2,(H,16,20)(H,17,21). The normalized spacial score (nSPS) is 14.8. The molecule has 0 bridgehead atoms. The molecule has 0 atom stereocenters. The Morgan fingerprint density at radius 2 is 1.96 bits per heavy atom. The first-order valence-electron chi connectivity index (χ1n) is 5.97. The van der Waals surface area contributed by atoms with Gasteiger partial charge in [-0.25, -0.2) is 5.01 Å². The van der Waals surface area contributed by atoms with E-state index < -0.39 is 29.5 Å². The Morgan fingerprint density at radius 1 is 1.26 bits per heavy atom. The van der Waals surface area contributed by atoms with Gasteiger partial charge in [0.05, 0.1) is 11.3 Å². The van der Waals surface area contributed by atoms with Gasteiger partial charge in [0.2, 0.25) is 0 Å². The molecule has 1 fully saturated rings. The molecule has 1 aliphatic rings. The SMILES string of the molecule is O=C(Nc1cccc(C(F)(F)F)c1)C(=O)NN1C(=O)CSC1=S. The molecule has 1 aliphatic heterocycles. The molecule has 1 aromatic rings. The topological polar surface area (TPSA) is 78.5 Å². The summed E-state index contributed by atoms with van der Waals surface area (Å²) < 4.78 is 37.8. The minimum absolute atomic E-state index is 0.0361. The molecule has 1 saturated heterocycles. The van der Waals surface area contributed by atoms with Crippen LogP contribution in [0.1, 0.15) is 5.56 Å². The number of nitrogens with one attached hydrogen (secondary N) is 2. The van der Waals surface area contributed by atoms with E-state index in [-0.39, 0.29) is 15.8 Å². The summed E-state index contributed by atoms with van der Waals surface area (Å²) in [5, 5.41) is 2.76. The molecule has 0 aliphatic carbocycles. The molecule has 3 amide bonds. The lowest BCUT2D eigenvalue weighted by Crippen LogP contribution is -2.49. The second kappa shape index (κ2) is 6.54. The number of hydrogen-bond acceptors (Lipinski definition) is 5. The minimum atomic E-state index is -4.58. The number of carbonyl (C=O) groups is 3. The fourth-order valence-corrected chi connectivity index (χ4v) is 2.55. The van der Waals surface area contributed by atoms with E-state index in [4.69, 9.17) is 12.2 Å². The summed E-state index contributed by atoms with van der Waals surface area (Å²) in [4.78, 5) is 34.8. The van der Waals surface area contributed by atoms with Crippen molar-refractivity contribution in [3.05, 3.63) is 29.8 Å². The summed E-state index contributed by atoms with van der Waals surface area (Å²) in [6, 6.07) is 3.80. The number of hydrazine groups is 1. The lowest BCUT2D eigenvalue weighted by atomic mass is 10.2. The Balaban J connectivity index is 2.03. The number of thioether (sulfide) groups is 1. The quantitative estimate of drug-likeness (QED) is 0.616. The van der Waals surface area contributed by atoms with Gasteiger partial charge in [0, 0.05) is 5.69 Å². The summed E-state index contributed by atoms with van der Waals surface area (Å²) in [5.74, 6) is -2.91. The van der Waals surface area contributed by atoms with Gasteiger partial charge in [-0.3, -0.25) is 19.8 Å². The van der Waals surface area contributed by atoms with Crippen LogP contribution in [0, 0.1) is 0 Å². The molecule has 0 saturated carbocycles. The number of amides is 3. The number of alkyl halides is 3. The summed E-state index contributed by atoms with van der Waals surface area (Å²) >= 11 is 5.82. The minimum Gasteiger partial charge on any atom is -0.318 e. The lowest BCUT2D eigenvalue weighted by Gasteiger charge is -2.15. The maximum absolute atomic E-state index is 12.6. The van der Waals surface area contributed by atoms with Crippen molar-refractivity contribution >= 4 is 51.7 Å². The molecular formula is C12H8F3N3O3S2. The number of nitrogens with zero attached hydrogens (tertiary/aromatic N) is 1. The first-order valence-corrected chi connectivity index (χ1v) is 7.37. The fraction of sp³-hybridized carbons (Fsp3) is 0.167. The van der Waals surface area contributed by atoms with E-state index >= 15 is 0 Å². The van der Waals surface area contributed by atoms with Crippen LogP contribution in [-0.2, 0) is 20.6 Å². The predicted octanol–water partition coefficient (Wildman–Crippen LogP) is 1.54. The Bertz CT molecular complexity index is 678.